The zero-order valence-corrected chi connectivity index (χ0v) is 12.9. The molecule has 1 N–H and O–H groups in total. The van der Waals surface area contributed by atoms with Crippen LogP contribution in [0.3, 0.4) is 0 Å². The Labute approximate surface area is 119 Å². The van der Waals surface area contributed by atoms with Crippen LogP contribution in [-0.4, -0.2) is 4.57 Å². The highest BCUT2D eigenvalue weighted by atomic mass is 32.1. The van der Waals surface area contributed by atoms with E-state index in [1.54, 1.807) is 10.4 Å². The van der Waals surface area contributed by atoms with E-state index in [0.717, 1.165) is 13.1 Å². The Kier molecular flexibility index (Phi) is 3.50. The Balaban J connectivity index is 1.59. The second-order valence-electron chi connectivity index (χ2n) is 5.57. The molecule has 0 unspecified atom stereocenters. The summed E-state index contributed by atoms with van der Waals surface area (Å²) in [4.78, 5) is 3.12. The van der Waals surface area contributed by atoms with Gasteiger partial charge < -0.3 is 9.88 Å². The van der Waals surface area contributed by atoms with Crippen LogP contribution in [-0.2, 0) is 33.0 Å². The third-order valence-electron chi connectivity index (χ3n) is 4.29. The van der Waals surface area contributed by atoms with Gasteiger partial charge in [-0.15, -0.1) is 11.3 Å². The van der Waals surface area contributed by atoms with Crippen LogP contribution < -0.4 is 5.32 Å². The molecule has 0 atom stereocenters. The topological polar surface area (TPSA) is 17.0 Å². The first-order chi connectivity index (χ1) is 9.15. The van der Waals surface area contributed by atoms with Gasteiger partial charge in [0, 0.05) is 41.3 Å². The van der Waals surface area contributed by atoms with Crippen molar-refractivity contribution in [2.75, 3.05) is 0 Å². The standard InChI is InChI=1S/C16H22N2S/c1-11-7-14(12(2)18(11)3)9-17-10-15-8-13-5-4-6-16(13)19-15/h7-8,17H,4-6,9-10H2,1-3H3. The van der Waals surface area contributed by atoms with Crippen molar-refractivity contribution in [2.24, 2.45) is 7.05 Å². The van der Waals surface area contributed by atoms with E-state index >= 15 is 0 Å². The van der Waals surface area contributed by atoms with E-state index in [-0.39, 0.29) is 0 Å². The van der Waals surface area contributed by atoms with Gasteiger partial charge in [-0.1, -0.05) is 0 Å². The Bertz CT molecular complexity index is 571. The normalized spacial score (nSPS) is 14.1. The SMILES string of the molecule is Cc1cc(CNCc2cc3c(s2)CCC3)c(C)n1C. The first-order valence-corrected chi connectivity index (χ1v) is 7.90. The van der Waals surface area contributed by atoms with Crippen LogP contribution in [0.2, 0.25) is 0 Å². The number of aryl methyl sites for hydroxylation is 3. The molecule has 102 valence electrons. The average molecular weight is 274 g/mol. The first-order valence-electron chi connectivity index (χ1n) is 7.08. The smallest absolute Gasteiger partial charge is 0.0303 e. The maximum atomic E-state index is 3.59. The van der Waals surface area contributed by atoms with E-state index in [4.69, 9.17) is 0 Å². The molecule has 0 aliphatic heterocycles. The molecular formula is C16H22N2S. The third-order valence-corrected chi connectivity index (χ3v) is 5.53. The summed E-state index contributed by atoms with van der Waals surface area (Å²) in [5, 5.41) is 3.59. The van der Waals surface area contributed by atoms with Gasteiger partial charge in [-0.25, -0.2) is 0 Å². The van der Waals surface area contributed by atoms with E-state index in [1.807, 2.05) is 11.3 Å². The molecule has 3 rings (SSSR count). The number of nitrogens with one attached hydrogen (secondary N) is 1. The molecule has 3 heteroatoms. The number of aromatic nitrogens is 1. The minimum atomic E-state index is 0.968. The van der Waals surface area contributed by atoms with Crippen molar-refractivity contribution in [1.29, 1.82) is 0 Å². The van der Waals surface area contributed by atoms with Crippen LogP contribution >= 0.6 is 11.3 Å². The molecule has 0 radical (unpaired) electrons. The highest BCUT2D eigenvalue weighted by molar-refractivity contribution is 7.12. The molecular weight excluding hydrogens is 252 g/mol. The van der Waals surface area contributed by atoms with Crippen LogP contribution in [0.15, 0.2) is 12.1 Å². The summed E-state index contributed by atoms with van der Waals surface area (Å²) < 4.78 is 2.26. The van der Waals surface area contributed by atoms with Gasteiger partial charge in [0.2, 0.25) is 0 Å². The molecule has 0 bridgehead atoms. The van der Waals surface area contributed by atoms with Crippen molar-refractivity contribution in [3.63, 3.8) is 0 Å². The average Bonchev–Trinajstić information content (AvgIpc) is 3.01. The predicted molar refractivity (Wildman–Crippen MR) is 81.8 cm³/mol. The molecule has 1 aliphatic rings. The van der Waals surface area contributed by atoms with Crippen molar-refractivity contribution in [1.82, 2.24) is 9.88 Å². The Morgan fingerprint density at radius 3 is 2.74 bits per heavy atom. The molecule has 2 aromatic heterocycles. The number of thiophene rings is 1. The van der Waals surface area contributed by atoms with Gasteiger partial charge in [-0.3, -0.25) is 0 Å². The molecule has 0 spiro atoms. The third kappa shape index (κ3) is 2.49. The molecule has 0 saturated heterocycles. The first kappa shape index (κ1) is 12.9. The second kappa shape index (κ2) is 5.14. The van der Waals surface area contributed by atoms with Crippen LogP contribution in [0, 0.1) is 13.8 Å². The fourth-order valence-electron chi connectivity index (χ4n) is 2.91. The summed E-state index contributed by atoms with van der Waals surface area (Å²) in [6.07, 6.45) is 3.96. The summed E-state index contributed by atoms with van der Waals surface area (Å²) in [5.41, 5.74) is 5.74. The summed E-state index contributed by atoms with van der Waals surface area (Å²) in [6.45, 7) is 6.34. The van der Waals surface area contributed by atoms with Crippen LogP contribution in [0.1, 0.15) is 38.7 Å². The molecule has 0 aromatic carbocycles. The van der Waals surface area contributed by atoms with E-state index < -0.39 is 0 Å². The molecule has 0 fully saturated rings. The minimum Gasteiger partial charge on any atom is -0.352 e. The van der Waals surface area contributed by atoms with Crippen molar-refractivity contribution in [3.05, 3.63) is 44.4 Å². The molecule has 19 heavy (non-hydrogen) atoms. The van der Waals surface area contributed by atoms with Gasteiger partial charge in [0.05, 0.1) is 0 Å². The minimum absolute atomic E-state index is 0.968. The molecule has 0 saturated carbocycles. The predicted octanol–water partition coefficient (Wildman–Crippen LogP) is 3.48. The van der Waals surface area contributed by atoms with Gasteiger partial charge in [-0.2, -0.15) is 0 Å². The van der Waals surface area contributed by atoms with E-state index in [1.165, 1.54) is 41.1 Å². The van der Waals surface area contributed by atoms with E-state index in [2.05, 4.69) is 42.9 Å². The van der Waals surface area contributed by atoms with Crippen LogP contribution in [0.5, 0.6) is 0 Å². The maximum absolute atomic E-state index is 3.59. The molecule has 2 aromatic rings. The lowest BCUT2D eigenvalue weighted by Gasteiger charge is -2.04. The highest BCUT2D eigenvalue weighted by Gasteiger charge is 2.14. The molecule has 0 amide bonds. The fourth-order valence-corrected chi connectivity index (χ4v) is 4.14. The summed E-state index contributed by atoms with van der Waals surface area (Å²) >= 11 is 2.00. The van der Waals surface area contributed by atoms with Gasteiger partial charge in [0.25, 0.3) is 0 Å². The van der Waals surface area contributed by atoms with E-state index in [0.29, 0.717) is 0 Å². The lowest BCUT2D eigenvalue weighted by molar-refractivity contribution is 0.693. The summed E-state index contributed by atoms with van der Waals surface area (Å²) in [7, 11) is 2.14. The number of nitrogens with zero attached hydrogens (tertiary/aromatic N) is 1. The summed E-state index contributed by atoms with van der Waals surface area (Å²) in [5.74, 6) is 0. The van der Waals surface area contributed by atoms with Gasteiger partial charge in [0.15, 0.2) is 0 Å². The summed E-state index contributed by atoms with van der Waals surface area (Å²) in [6, 6.07) is 4.69. The van der Waals surface area contributed by atoms with Crippen LogP contribution in [0.25, 0.3) is 0 Å². The van der Waals surface area contributed by atoms with Crippen molar-refractivity contribution in [3.8, 4) is 0 Å². The Hall–Kier alpha value is -1.06. The zero-order chi connectivity index (χ0) is 13.4. The Morgan fingerprint density at radius 2 is 2.05 bits per heavy atom. The van der Waals surface area contributed by atoms with Crippen molar-refractivity contribution < 1.29 is 0 Å². The fraction of sp³-hybridized carbons (Fsp3) is 0.500. The zero-order valence-electron chi connectivity index (χ0n) is 12.0. The Morgan fingerprint density at radius 1 is 1.21 bits per heavy atom. The maximum Gasteiger partial charge on any atom is 0.0303 e. The van der Waals surface area contributed by atoms with Gasteiger partial charge in [-0.05, 0) is 56.4 Å². The largest absolute Gasteiger partial charge is 0.352 e. The molecule has 1 aliphatic carbocycles. The quantitative estimate of drug-likeness (QED) is 0.903. The van der Waals surface area contributed by atoms with E-state index in [9.17, 15) is 0 Å². The lowest BCUT2D eigenvalue weighted by Crippen LogP contribution is -2.12. The number of fused-ring (bicyclic) bond motifs is 1. The van der Waals surface area contributed by atoms with Gasteiger partial charge in [0.1, 0.15) is 0 Å². The lowest BCUT2D eigenvalue weighted by atomic mass is 10.2. The molecule has 2 nitrogen and oxygen atoms in total. The van der Waals surface area contributed by atoms with Crippen molar-refractivity contribution >= 4 is 11.3 Å². The van der Waals surface area contributed by atoms with Gasteiger partial charge >= 0.3 is 0 Å². The van der Waals surface area contributed by atoms with Crippen molar-refractivity contribution in [2.45, 2.75) is 46.2 Å². The highest BCUT2D eigenvalue weighted by Crippen LogP contribution is 2.30. The number of hydrogen-bond donors (Lipinski definition) is 1. The molecule has 2 heterocycles. The second-order valence-corrected chi connectivity index (χ2v) is 6.79. The number of rotatable bonds is 4. The monoisotopic (exact) mass is 274 g/mol. The van der Waals surface area contributed by atoms with Crippen LogP contribution in [0.4, 0.5) is 0 Å². The number of hydrogen-bond acceptors (Lipinski definition) is 2.